The maximum Gasteiger partial charge on any atom is 0.256 e. The Labute approximate surface area is 252 Å². The number of rotatable bonds is 11. The first-order valence-corrected chi connectivity index (χ1v) is 15.6. The van der Waals surface area contributed by atoms with E-state index in [1.165, 1.54) is 5.56 Å². The smallest absolute Gasteiger partial charge is 0.256 e. The van der Waals surface area contributed by atoms with Crippen LogP contribution in [0.25, 0.3) is 33.5 Å². The van der Waals surface area contributed by atoms with Crippen molar-refractivity contribution in [2.45, 2.75) is 47.5 Å². The van der Waals surface area contributed by atoms with Crippen LogP contribution in [0.15, 0.2) is 47.8 Å². The highest BCUT2D eigenvalue weighted by atomic mass is 32.1. The Morgan fingerprint density at radius 3 is 2.50 bits per heavy atom. The zero-order valence-corrected chi connectivity index (χ0v) is 25.9. The lowest BCUT2D eigenvalue weighted by molar-refractivity contribution is -0.110. The molecular weight excluding hydrogens is 542 g/mol. The number of carbonyl (C=O) groups excluding carboxylic acids is 2. The molecule has 0 spiro atoms. The Bertz CT molecular complexity index is 1630. The molecule has 0 bridgehead atoms. The van der Waals surface area contributed by atoms with E-state index in [9.17, 15) is 9.59 Å². The van der Waals surface area contributed by atoms with Crippen molar-refractivity contribution < 1.29 is 9.59 Å². The van der Waals surface area contributed by atoms with Crippen molar-refractivity contribution >= 4 is 40.5 Å². The van der Waals surface area contributed by atoms with Gasteiger partial charge >= 0.3 is 0 Å². The van der Waals surface area contributed by atoms with E-state index in [-0.39, 0.29) is 11.8 Å². The summed E-state index contributed by atoms with van der Waals surface area (Å²) in [6.45, 7) is 13.5. The van der Waals surface area contributed by atoms with Gasteiger partial charge in [-0.1, -0.05) is 57.5 Å². The monoisotopic (exact) mass is 581 g/mol. The summed E-state index contributed by atoms with van der Waals surface area (Å²) >= 11 is 1.62. The van der Waals surface area contributed by atoms with E-state index in [2.05, 4.69) is 70.9 Å². The molecular formula is C34H39N5O2S. The number of nitrogens with one attached hydrogen (secondary N) is 3. The first-order chi connectivity index (χ1) is 20.3. The molecule has 2 amide bonds. The highest BCUT2D eigenvalue weighted by Crippen LogP contribution is 2.38. The quantitative estimate of drug-likeness (QED) is 0.167. The molecule has 218 valence electrons. The van der Waals surface area contributed by atoms with E-state index in [0.29, 0.717) is 17.7 Å². The largest absolute Gasteiger partial charge is 0.358 e. The summed E-state index contributed by atoms with van der Waals surface area (Å²) in [6.07, 6.45) is 4.06. The zero-order chi connectivity index (χ0) is 29.8. The maximum atomic E-state index is 13.1. The molecule has 0 saturated carbocycles. The van der Waals surface area contributed by atoms with Crippen LogP contribution in [-0.4, -0.2) is 52.9 Å². The van der Waals surface area contributed by atoms with Crippen LogP contribution in [0.3, 0.4) is 0 Å². The highest BCUT2D eigenvalue weighted by molar-refractivity contribution is 7.13. The summed E-state index contributed by atoms with van der Waals surface area (Å²) in [5.74, 6) is -0.263. The van der Waals surface area contributed by atoms with Gasteiger partial charge in [0.2, 0.25) is 0 Å². The average Bonchev–Trinajstić information content (AvgIpc) is 3.67. The predicted octanol–water partition coefficient (Wildman–Crippen LogP) is 6.94. The summed E-state index contributed by atoms with van der Waals surface area (Å²) in [4.78, 5) is 36.6. The zero-order valence-electron chi connectivity index (χ0n) is 25.1. The van der Waals surface area contributed by atoms with Gasteiger partial charge < -0.3 is 20.5 Å². The Hall–Kier alpha value is -4.01. The second kappa shape index (κ2) is 12.9. The number of aromatic amines is 1. The third-order valence-corrected chi connectivity index (χ3v) is 8.83. The van der Waals surface area contributed by atoms with Crippen molar-refractivity contribution in [1.29, 1.82) is 0 Å². The lowest BCUT2D eigenvalue weighted by Crippen LogP contribution is -2.35. The number of aryl methyl sites for hydroxylation is 2. The van der Waals surface area contributed by atoms with Crippen LogP contribution in [0, 0.1) is 13.8 Å². The second-order valence-corrected chi connectivity index (χ2v) is 11.6. The molecule has 1 aliphatic heterocycles. The average molecular weight is 582 g/mol. The van der Waals surface area contributed by atoms with E-state index >= 15 is 0 Å². The van der Waals surface area contributed by atoms with Gasteiger partial charge in [-0.25, -0.2) is 4.98 Å². The molecule has 2 aromatic carbocycles. The first-order valence-electron chi connectivity index (χ1n) is 14.7. The third kappa shape index (κ3) is 6.10. The number of H-pyrrole nitrogens is 1. The number of anilines is 1. The van der Waals surface area contributed by atoms with Crippen molar-refractivity contribution in [3.8, 4) is 21.8 Å². The molecule has 0 radical (unpaired) electrons. The van der Waals surface area contributed by atoms with Crippen LogP contribution in [0.4, 0.5) is 5.69 Å². The fourth-order valence-corrected chi connectivity index (χ4v) is 6.33. The van der Waals surface area contributed by atoms with Gasteiger partial charge in [0.05, 0.1) is 16.8 Å². The standard InChI is InChI=1S/C34H39N5O2S/c1-6-9-23-10-12-24(13-11-23)34-38-30(20-42-34)25-14-15-28-26(18-25)27(32(40)37-28)19-29-21(4)31(22(5)36-29)33(41)35-16-17-39(7-2)8-3/h10-15,18-20,36H,6-9,16-17H2,1-5H3,(H,35,41)(H,37,40)/b27-19-. The van der Waals surface area contributed by atoms with Crippen LogP contribution in [0.1, 0.15) is 65.6 Å². The number of hydrogen-bond donors (Lipinski definition) is 3. The van der Waals surface area contributed by atoms with Gasteiger partial charge in [-0.2, -0.15) is 0 Å². The van der Waals surface area contributed by atoms with Gasteiger partial charge in [0.1, 0.15) is 5.01 Å². The number of benzene rings is 2. The maximum absolute atomic E-state index is 13.1. The highest BCUT2D eigenvalue weighted by Gasteiger charge is 2.26. The lowest BCUT2D eigenvalue weighted by atomic mass is 10.0. The SMILES string of the molecule is CCCc1ccc(-c2nc(-c3ccc4c(c3)/C(=C/c3[nH]c(C)c(C(=O)NCCN(CC)CC)c3C)C(=O)N4)cs2)cc1. The summed E-state index contributed by atoms with van der Waals surface area (Å²) in [5.41, 5.74) is 9.43. The molecule has 42 heavy (non-hydrogen) atoms. The lowest BCUT2D eigenvalue weighted by Gasteiger charge is -2.18. The molecule has 3 heterocycles. The van der Waals surface area contributed by atoms with Crippen LogP contribution in [0.2, 0.25) is 0 Å². The van der Waals surface area contributed by atoms with Crippen molar-refractivity contribution in [3.63, 3.8) is 0 Å². The molecule has 7 nitrogen and oxygen atoms in total. The summed E-state index contributed by atoms with van der Waals surface area (Å²) < 4.78 is 0. The molecule has 0 fully saturated rings. The minimum Gasteiger partial charge on any atom is -0.358 e. The van der Waals surface area contributed by atoms with Crippen molar-refractivity contribution in [1.82, 2.24) is 20.2 Å². The number of amides is 2. The number of aromatic nitrogens is 2. The number of thiazole rings is 1. The summed E-state index contributed by atoms with van der Waals surface area (Å²) in [6, 6.07) is 14.6. The molecule has 0 aliphatic carbocycles. The van der Waals surface area contributed by atoms with Gasteiger partial charge in [-0.05, 0) is 62.7 Å². The predicted molar refractivity (Wildman–Crippen MR) is 174 cm³/mol. The molecule has 0 unspecified atom stereocenters. The van der Waals surface area contributed by atoms with Gasteiger partial charge in [0.15, 0.2) is 0 Å². The van der Waals surface area contributed by atoms with Gasteiger partial charge in [-0.3, -0.25) is 9.59 Å². The fourth-order valence-electron chi connectivity index (χ4n) is 5.49. The van der Waals surface area contributed by atoms with E-state index in [1.54, 1.807) is 11.3 Å². The van der Waals surface area contributed by atoms with Crippen LogP contribution in [0.5, 0.6) is 0 Å². The van der Waals surface area contributed by atoms with Crippen molar-refractivity contribution in [2.75, 3.05) is 31.5 Å². The molecule has 2 aromatic heterocycles. The molecule has 8 heteroatoms. The number of likely N-dealkylation sites (N-methyl/N-ethyl adjacent to an activating group) is 1. The number of fused-ring (bicyclic) bond motifs is 1. The van der Waals surface area contributed by atoms with Gasteiger partial charge in [0.25, 0.3) is 11.8 Å². The molecule has 0 saturated heterocycles. The number of carbonyl (C=O) groups is 2. The molecule has 4 aromatic rings. The normalized spacial score (nSPS) is 13.6. The van der Waals surface area contributed by atoms with Crippen LogP contribution >= 0.6 is 11.3 Å². The van der Waals surface area contributed by atoms with E-state index in [1.807, 2.05) is 38.1 Å². The number of nitrogens with zero attached hydrogens (tertiary/aromatic N) is 2. The fraction of sp³-hybridized carbons (Fsp3) is 0.324. The first kappa shape index (κ1) is 29.5. The Morgan fingerprint density at radius 2 is 1.79 bits per heavy atom. The molecule has 5 rings (SSSR count). The number of hydrogen-bond acceptors (Lipinski definition) is 5. The molecule has 1 aliphatic rings. The minimum absolute atomic E-state index is 0.101. The van der Waals surface area contributed by atoms with Crippen LogP contribution < -0.4 is 10.6 Å². The van der Waals surface area contributed by atoms with E-state index in [4.69, 9.17) is 4.98 Å². The van der Waals surface area contributed by atoms with Gasteiger partial charge in [-0.15, -0.1) is 11.3 Å². The van der Waals surface area contributed by atoms with Crippen molar-refractivity contribution in [3.05, 3.63) is 81.5 Å². The van der Waals surface area contributed by atoms with E-state index < -0.39 is 0 Å². The van der Waals surface area contributed by atoms with Crippen molar-refractivity contribution in [2.24, 2.45) is 0 Å². The summed E-state index contributed by atoms with van der Waals surface area (Å²) in [7, 11) is 0. The summed E-state index contributed by atoms with van der Waals surface area (Å²) in [5, 5.41) is 9.07. The second-order valence-electron chi connectivity index (χ2n) is 10.7. The topological polar surface area (TPSA) is 90.1 Å². The molecule has 3 N–H and O–H groups in total. The Kier molecular flexibility index (Phi) is 9.04. The third-order valence-electron chi connectivity index (χ3n) is 7.94. The minimum atomic E-state index is -0.162. The van der Waals surface area contributed by atoms with Crippen LogP contribution in [-0.2, 0) is 11.2 Å². The van der Waals surface area contributed by atoms with Gasteiger partial charge in [0, 0.05) is 52.2 Å². The molecule has 0 atom stereocenters. The Balaban J connectivity index is 1.38. The van der Waals surface area contributed by atoms with E-state index in [0.717, 1.165) is 82.5 Å². The Morgan fingerprint density at radius 1 is 1.05 bits per heavy atom.